The van der Waals surface area contributed by atoms with E-state index in [1.54, 1.807) is 91.0 Å². The smallest absolute Gasteiger partial charge is 0.338 e. The van der Waals surface area contributed by atoms with E-state index in [0.29, 0.717) is 29.5 Å². The summed E-state index contributed by atoms with van der Waals surface area (Å²) in [6.45, 7) is 2.63. The van der Waals surface area contributed by atoms with E-state index in [4.69, 9.17) is 18.9 Å². The summed E-state index contributed by atoms with van der Waals surface area (Å²) >= 11 is 0. The Morgan fingerprint density at radius 2 is 0.929 bits per heavy atom. The zero-order valence-corrected chi connectivity index (χ0v) is 24.2. The second-order valence-electron chi connectivity index (χ2n) is 10.2. The highest BCUT2D eigenvalue weighted by Crippen LogP contribution is 2.25. The van der Waals surface area contributed by atoms with Crippen molar-refractivity contribution in [1.29, 1.82) is 0 Å². The van der Waals surface area contributed by atoms with Crippen molar-refractivity contribution in [3.05, 3.63) is 108 Å². The SMILES string of the molecule is CCCCC(CC)C(=O)OCC(COC(=O)c1ccccc1)(COC(=O)c1ccccc1)COC(=O)c1ccccc1. The number of carbonyl (C=O) groups is 4. The molecule has 8 heteroatoms. The summed E-state index contributed by atoms with van der Waals surface area (Å²) < 4.78 is 22.7. The normalized spacial score (nSPS) is 11.7. The Labute approximate surface area is 246 Å². The van der Waals surface area contributed by atoms with Crippen molar-refractivity contribution in [3.8, 4) is 0 Å². The zero-order valence-electron chi connectivity index (χ0n) is 24.2. The number of ether oxygens (including phenoxy) is 4. The lowest BCUT2D eigenvalue weighted by Gasteiger charge is -2.32. The van der Waals surface area contributed by atoms with Crippen LogP contribution in [0.1, 0.15) is 70.6 Å². The van der Waals surface area contributed by atoms with Gasteiger partial charge in [-0.3, -0.25) is 4.79 Å². The van der Waals surface area contributed by atoms with Gasteiger partial charge in [-0.1, -0.05) is 81.3 Å². The largest absolute Gasteiger partial charge is 0.464 e. The average Bonchev–Trinajstić information content (AvgIpc) is 3.05. The second-order valence-corrected chi connectivity index (χ2v) is 10.2. The first-order chi connectivity index (χ1) is 20.4. The second kappa shape index (κ2) is 16.7. The third kappa shape index (κ3) is 9.87. The van der Waals surface area contributed by atoms with Gasteiger partial charge in [-0.25, -0.2) is 14.4 Å². The van der Waals surface area contributed by atoms with Crippen molar-refractivity contribution in [2.75, 3.05) is 26.4 Å². The molecule has 3 aromatic rings. The summed E-state index contributed by atoms with van der Waals surface area (Å²) in [4.78, 5) is 51.7. The minimum atomic E-state index is -1.38. The van der Waals surface area contributed by atoms with Crippen LogP contribution in [-0.4, -0.2) is 50.3 Å². The van der Waals surface area contributed by atoms with Crippen molar-refractivity contribution in [3.63, 3.8) is 0 Å². The number of rotatable bonds is 16. The molecule has 0 spiro atoms. The van der Waals surface area contributed by atoms with Gasteiger partial charge in [0.25, 0.3) is 0 Å². The molecule has 42 heavy (non-hydrogen) atoms. The molecule has 0 aliphatic rings. The fraction of sp³-hybridized carbons (Fsp3) is 0.353. The lowest BCUT2D eigenvalue weighted by Crippen LogP contribution is -2.44. The lowest BCUT2D eigenvalue weighted by atomic mass is 9.91. The molecule has 1 atom stereocenters. The highest BCUT2D eigenvalue weighted by atomic mass is 16.6. The Morgan fingerprint density at radius 1 is 0.571 bits per heavy atom. The van der Waals surface area contributed by atoms with E-state index in [1.165, 1.54) is 0 Å². The van der Waals surface area contributed by atoms with Crippen LogP contribution < -0.4 is 0 Å². The van der Waals surface area contributed by atoms with E-state index in [0.717, 1.165) is 12.8 Å². The maximum atomic E-state index is 13.1. The first-order valence-electron chi connectivity index (χ1n) is 14.2. The first-order valence-corrected chi connectivity index (χ1v) is 14.2. The molecule has 0 heterocycles. The van der Waals surface area contributed by atoms with Gasteiger partial charge in [-0.2, -0.15) is 0 Å². The fourth-order valence-corrected chi connectivity index (χ4v) is 4.16. The van der Waals surface area contributed by atoms with Crippen molar-refractivity contribution < 1.29 is 38.1 Å². The number of unbranched alkanes of at least 4 members (excludes halogenated alkanes) is 1. The molecule has 222 valence electrons. The summed E-state index contributed by atoms with van der Waals surface area (Å²) in [7, 11) is 0. The van der Waals surface area contributed by atoms with E-state index in [1.807, 2.05) is 13.8 Å². The molecule has 0 N–H and O–H groups in total. The molecule has 0 aliphatic heterocycles. The molecule has 0 radical (unpaired) electrons. The van der Waals surface area contributed by atoms with Crippen LogP contribution in [0, 0.1) is 11.3 Å². The summed E-state index contributed by atoms with van der Waals surface area (Å²) in [6.07, 6.45) is 3.08. The molecule has 8 nitrogen and oxygen atoms in total. The van der Waals surface area contributed by atoms with Gasteiger partial charge in [-0.05, 0) is 49.2 Å². The Bertz CT molecular complexity index is 1140. The van der Waals surface area contributed by atoms with Gasteiger partial charge >= 0.3 is 23.9 Å². The van der Waals surface area contributed by atoms with Gasteiger partial charge in [0.05, 0.1) is 22.6 Å². The van der Waals surface area contributed by atoms with Gasteiger partial charge in [0.1, 0.15) is 31.8 Å². The third-order valence-corrected chi connectivity index (χ3v) is 6.81. The van der Waals surface area contributed by atoms with Crippen LogP contribution in [0.5, 0.6) is 0 Å². The Balaban J connectivity index is 1.86. The summed E-state index contributed by atoms with van der Waals surface area (Å²) in [5.41, 5.74) is -0.428. The van der Waals surface area contributed by atoms with Gasteiger partial charge < -0.3 is 18.9 Å². The van der Waals surface area contributed by atoms with Gasteiger partial charge in [0.2, 0.25) is 0 Å². The molecule has 1 unspecified atom stereocenters. The molecule has 0 amide bonds. The maximum absolute atomic E-state index is 13.1. The quantitative estimate of drug-likeness (QED) is 0.145. The molecule has 0 fully saturated rings. The highest BCUT2D eigenvalue weighted by molar-refractivity contribution is 5.90. The van der Waals surface area contributed by atoms with Crippen LogP contribution in [0.3, 0.4) is 0 Å². The molecule has 0 bridgehead atoms. The van der Waals surface area contributed by atoms with Crippen LogP contribution in [0.2, 0.25) is 0 Å². The number of hydrogen-bond donors (Lipinski definition) is 0. The monoisotopic (exact) mass is 574 g/mol. The molecular formula is C34H38O8. The van der Waals surface area contributed by atoms with Crippen LogP contribution in [0.4, 0.5) is 0 Å². The Kier molecular flexibility index (Phi) is 12.8. The molecule has 0 saturated carbocycles. The topological polar surface area (TPSA) is 105 Å². The highest BCUT2D eigenvalue weighted by Gasteiger charge is 2.39. The van der Waals surface area contributed by atoms with E-state index < -0.39 is 29.3 Å². The van der Waals surface area contributed by atoms with Crippen LogP contribution in [0.25, 0.3) is 0 Å². The van der Waals surface area contributed by atoms with Gasteiger partial charge in [0, 0.05) is 0 Å². The number of hydrogen-bond acceptors (Lipinski definition) is 8. The molecular weight excluding hydrogens is 536 g/mol. The third-order valence-electron chi connectivity index (χ3n) is 6.81. The van der Waals surface area contributed by atoms with Crippen molar-refractivity contribution >= 4 is 23.9 Å². The van der Waals surface area contributed by atoms with Crippen LogP contribution >= 0.6 is 0 Å². The van der Waals surface area contributed by atoms with E-state index >= 15 is 0 Å². The van der Waals surface area contributed by atoms with Crippen molar-refractivity contribution in [2.45, 2.75) is 39.5 Å². The van der Waals surface area contributed by atoms with Crippen molar-refractivity contribution in [1.82, 2.24) is 0 Å². The number of benzene rings is 3. The first kappa shape index (κ1) is 32.1. The number of carbonyl (C=O) groups excluding carboxylic acids is 4. The predicted octanol–water partition coefficient (Wildman–Crippen LogP) is 6.30. The molecule has 0 aromatic heterocycles. The van der Waals surface area contributed by atoms with Crippen LogP contribution in [-0.2, 0) is 23.7 Å². The predicted molar refractivity (Wildman–Crippen MR) is 157 cm³/mol. The van der Waals surface area contributed by atoms with E-state index in [9.17, 15) is 19.2 Å². The molecule has 0 aliphatic carbocycles. The maximum Gasteiger partial charge on any atom is 0.338 e. The van der Waals surface area contributed by atoms with Crippen molar-refractivity contribution in [2.24, 2.45) is 11.3 Å². The molecule has 3 aromatic carbocycles. The lowest BCUT2D eigenvalue weighted by molar-refractivity contribution is -0.156. The van der Waals surface area contributed by atoms with Gasteiger partial charge in [-0.15, -0.1) is 0 Å². The Hall–Kier alpha value is -4.46. The van der Waals surface area contributed by atoms with E-state index in [-0.39, 0.29) is 32.3 Å². The number of esters is 4. The van der Waals surface area contributed by atoms with Crippen LogP contribution in [0.15, 0.2) is 91.0 Å². The standard InChI is InChI=1S/C34H38O8/c1-3-5-15-26(4-2)30(35)39-22-34(23-40-31(36)27-16-9-6-10-17-27,24-41-32(37)28-18-11-7-12-19-28)25-42-33(38)29-20-13-8-14-21-29/h6-14,16-21,26H,3-5,15,22-25H2,1-2H3. The zero-order chi connectivity index (χ0) is 30.2. The summed E-state index contributed by atoms with van der Waals surface area (Å²) in [5.74, 6) is -2.58. The molecule has 3 rings (SSSR count). The minimum absolute atomic E-state index is 0.305. The van der Waals surface area contributed by atoms with E-state index in [2.05, 4.69) is 0 Å². The summed E-state index contributed by atoms with van der Waals surface area (Å²) in [6, 6.07) is 25.2. The van der Waals surface area contributed by atoms with Gasteiger partial charge in [0.15, 0.2) is 0 Å². The Morgan fingerprint density at radius 3 is 1.26 bits per heavy atom. The average molecular weight is 575 g/mol. The molecule has 0 saturated heterocycles. The fourth-order valence-electron chi connectivity index (χ4n) is 4.16. The minimum Gasteiger partial charge on any atom is -0.464 e. The summed E-state index contributed by atoms with van der Waals surface area (Å²) in [5, 5.41) is 0.